The van der Waals surface area contributed by atoms with E-state index in [1.54, 1.807) is 0 Å². The molecule has 0 fully saturated rings. The van der Waals surface area contributed by atoms with Crippen molar-refractivity contribution in [3.8, 4) is 5.75 Å². The molecule has 0 unspecified atom stereocenters. The molecule has 2 aromatic carbocycles. The van der Waals surface area contributed by atoms with E-state index in [9.17, 15) is 4.57 Å². The van der Waals surface area contributed by atoms with Crippen molar-refractivity contribution in [2.45, 2.75) is 52.4 Å². The minimum atomic E-state index is -3.88. The Morgan fingerprint density at radius 1 is 0.944 bits per heavy atom. The predicted octanol–water partition coefficient (Wildman–Crippen LogP) is 5.88. The highest BCUT2D eigenvalue weighted by Gasteiger charge is 2.13. The number of hydrogen-bond donors (Lipinski definition) is 3. The second kappa shape index (κ2) is 11.4. The maximum Gasteiger partial charge on any atom is 0.325 e. The number of nitrogens with zero attached hydrogens (tertiary/aromatic N) is 2. The fraction of sp³-hybridized carbons (Fsp3) is 0.357. The number of benzene rings is 2. The van der Waals surface area contributed by atoms with Gasteiger partial charge >= 0.3 is 7.60 Å². The Morgan fingerprint density at radius 3 is 2.50 bits per heavy atom. The molecule has 0 saturated carbocycles. The average molecular weight is 508 g/mol. The molecule has 8 heteroatoms. The second-order valence-electron chi connectivity index (χ2n) is 9.45. The highest BCUT2D eigenvalue weighted by atomic mass is 31.2. The van der Waals surface area contributed by atoms with Crippen LogP contribution in [0.25, 0.3) is 21.8 Å². The zero-order valence-electron chi connectivity index (χ0n) is 20.9. The number of aryl methyl sites for hydroxylation is 4. The summed E-state index contributed by atoms with van der Waals surface area (Å²) < 4.78 is 16.8. The van der Waals surface area contributed by atoms with Gasteiger partial charge in [-0.15, -0.1) is 0 Å². The summed E-state index contributed by atoms with van der Waals surface area (Å²) in [4.78, 5) is 26.9. The number of aromatic nitrogens is 2. The molecule has 0 atom stereocenters. The van der Waals surface area contributed by atoms with Crippen molar-refractivity contribution in [3.63, 3.8) is 0 Å². The van der Waals surface area contributed by atoms with Gasteiger partial charge in [0.15, 0.2) is 5.82 Å². The topological polar surface area (TPSA) is 119 Å². The van der Waals surface area contributed by atoms with Gasteiger partial charge in [-0.3, -0.25) is 9.55 Å². The first-order chi connectivity index (χ1) is 17.2. The van der Waals surface area contributed by atoms with Crippen LogP contribution in [-0.4, -0.2) is 32.5 Å². The molecule has 0 aliphatic heterocycles. The Bertz CT molecular complexity index is 1420. The van der Waals surface area contributed by atoms with E-state index in [0.29, 0.717) is 18.8 Å². The van der Waals surface area contributed by atoms with Crippen molar-refractivity contribution in [2.24, 2.45) is 0 Å². The number of hydrogen-bond acceptors (Lipinski definition) is 5. The fourth-order valence-corrected chi connectivity index (χ4v) is 5.24. The van der Waals surface area contributed by atoms with E-state index in [0.717, 1.165) is 65.2 Å². The smallest absolute Gasteiger partial charge is 0.325 e. The van der Waals surface area contributed by atoms with Crippen molar-refractivity contribution in [1.82, 2.24) is 9.97 Å². The third kappa shape index (κ3) is 6.61. The zero-order chi connectivity index (χ0) is 25.7. The predicted molar refractivity (Wildman–Crippen MR) is 146 cm³/mol. The van der Waals surface area contributed by atoms with Crippen LogP contribution in [0, 0.1) is 13.8 Å². The van der Waals surface area contributed by atoms with Crippen molar-refractivity contribution in [1.29, 1.82) is 0 Å². The lowest BCUT2D eigenvalue weighted by atomic mass is 9.96. The molecule has 190 valence electrons. The number of rotatable bonds is 11. The summed E-state index contributed by atoms with van der Waals surface area (Å²) in [6.45, 7) is 4.76. The number of fused-ring (bicyclic) bond motifs is 3. The Balaban J connectivity index is 1.39. The van der Waals surface area contributed by atoms with Crippen molar-refractivity contribution in [3.05, 3.63) is 70.9 Å². The van der Waals surface area contributed by atoms with Gasteiger partial charge in [0.25, 0.3) is 0 Å². The van der Waals surface area contributed by atoms with E-state index >= 15 is 0 Å². The summed E-state index contributed by atoms with van der Waals surface area (Å²) in [5, 5.41) is 2.16. The molecule has 4 aromatic rings. The molecule has 0 amide bonds. The van der Waals surface area contributed by atoms with E-state index in [1.165, 1.54) is 16.7 Å². The molecule has 0 aliphatic carbocycles. The van der Waals surface area contributed by atoms with E-state index in [4.69, 9.17) is 20.3 Å². The average Bonchev–Trinajstić information content (AvgIpc) is 2.82. The van der Waals surface area contributed by atoms with Gasteiger partial charge in [0, 0.05) is 23.1 Å². The van der Waals surface area contributed by atoms with Crippen LogP contribution in [0.4, 0.5) is 5.82 Å². The summed E-state index contributed by atoms with van der Waals surface area (Å²) in [5.41, 5.74) is 12.7. The first-order valence-corrected chi connectivity index (χ1v) is 14.2. The molecule has 2 heterocycles. The second-order valence-corrected chi connectivity index (χ2v) is 11.2. The maximum atomic E-state index is 10.9. The van der Waals surface area contributed by atoms with Crippen molar-refractivity contribution < 1.29 is 19.1 Å². The van der Waals surface area contributed by atoms with Crippen LogP contribution < -0.4 is 10.5 Å². The van der Waals surface area contributed by atoms with E-state index in [-0.39, 0.29) is 6.16 Å². The molecule has 0 radical (unpaired) electrons. The van der Waals surface area contributed by atoms with Gasteiger partial charge in [-0.05, 0) is 86.1 Å². The molecule has 36 heavy (non-hydrogen) atoms. The first kappa shape index (κ1) is 26.1. The van der Waals surface area contributed by atoms with Crippen LogP contribution >= 0.6 is 7.60 Å². The summed E-state index contributed by atoms with van der Waals surface area (Å²) in [5.74, 6) is 1.31. The monoisotopic (exact) mass is 507 g/mol. The van der Waals surface area contributed by atoms with Gasteiger partial charge in [0.1, 0.15) is 11.3 Å². The molecule has 7 nitrogen and oxygen atoms in total. The van der Waals surface area contributed by atoms with Crippen molar-refractivity contribution in [2.75, 3.05) is 18.5 Å². The van der Waals surface area contributed by atoms with E-state index in [1.807, 2.05) is 12.3 Å². The first-order valence-electron chi connectivity index (χ1n) is 12.4. The third-order valence-electron chi connectivity index (χ3n) is 6.53. The minimum Gasteiger partial charge on any atom is -0.494 e. The number of anilines is 1. The van der Waals surface area contributed by atoms with Gasteiger partial charge in [-0.25, -0.2) is 4.98 Å². The number of nitrogen functional groups attached to an aromatic ring is 1. The standard InChI is InChI=1S/C28H34N3O4P/c1-19-7-12-24-25(17-19)31-28(29)27-26(24)22(13-14-30-27)9-8-21-10-11-23(18-20(21)2)35-15-5-3-4-6-16-36(32,33)34/h7,10-14,17-18H,3-6,8-9,15-16H2,1-2H3,(H2,29,31)(H2,32,33,34). The van der Waals surface area contributed by atoms with Gasteiger partial charge in [-0.2, -0.15) is 0 Å². The SMILES string of the molecule is Cc1ccc2c(c1)nc(N)c1nccc(CCc3ccc(OCCCCCCP(=O)(O)O)cc3C)c12. The third-order valence-corrected chi connectivity index (χ3v) is 7.43. The Kier molecular flexibility index (Phi) is 8.24. The normalized spacial score (nSPS) is 11.9. The molecular weight excluding hydrogens is 473 g/mol. The van der Waals surface area contributed by atoms with Crippen LogP contribution in [0.1, 0.15) is 47.9 Å². The van der Waals surface area contributed by atoms with Crippen LogP contribution in [-0.2, 0) is 17.4 Å². The number of unbranched alkanes of at least 4 members (excludes halogenated alkanes) is 3. The fourth-order valence-electron chi connectivity index (χ4n) is 4.60. The highest BCUT2D eigenvalue weighted by Crippen LogP contribution is 2.35. The van der Waals surface area contributed by atoms with Crippen LogP contribution in [0.3, 0.4) is 0 Å². The molecule has 4 rings (SSSR count). The summed E-state index contributed by atoms with van der Waals surface area (Å²) in [7, 11) is -3.88. The number of ether oxygens (including phenoxy) is 1. The van der Waals surface area contributed by atoms with Crippen LogP contribution in [0.15, 0.2) is 48.7 Å². The quantitative estimate of drug-likeness (QED) is 0.132. The molecule has 0 spiro atoms. The Morgan fingerprint density at radius 2 is 1.72 bits per heavy atom. The van der Waals surface area contributed by atoms with E-state index < -0.39 is 7.60 Å². The molecule has 0 bridgehead atoms. The van der Waals surface area contributed by atoms with Crippen LogP contribution in [0.2, 0.25) is 0 Å². The zero-order valence-corrected chi connectivity index (χ0v) is 21.8. The molecule has 0 aliphatic rings. The highest BCUT2D eigenvalue weighted by molar-refractivity contribution is 7.51. The molecule has 0 saturated heterocycles. The van der Waals surface area contributed by atoms with E-state index in [2.05, 4.69) is 60.2 Å². The Hall–Kier alpha value is -2.99. The van der Waals surface area contributed by atoms with Crippen molar-refractivity contribution >= 4 is 35.2 Å². The molecular formula is C28H34N3O4P. The van der Waals surface area contributed by atoms with Gasteiger partial charge in [-0.1, -0.05) is 31.0 Å². The largest absolute Gasteiger partial charge is 0.494 e. The number of pyridine rings is 2. The van der Waals surface area contributed by atoms with Gasteiger partial charge in [0.2, 0.25) is 0 Å². The lowest BCUT2D eigenvalue weighted by molar-refractivity contribution is 0.304. The molecule has 2 aromatic heterocycles. The van der Waals surface area contributed by atoms with Gasteiger partial charge < -0.3 is 20.3 Å². The lowest BCUT2D eigenvalue weighted by Gasteiger charge is -2.13. The van der Waals surface area contributed by atoms with Crippen LogP contribution in [0.5, 0.6) is 5.75 Å². The molecule has 4 N–H and O–H groups in total. The summed E-state index contributed by atoms with van der Waals surface area (Å²) >= 11 is 0. The minimum absolute atomic E-state index is 0.0377. The lowest BCUT2D eigenvalue weighted by Crippen LogP contribution is -2.01. The Labute approximate surface area is 211 Å². The summed E-state index contributed by atoms with van der Waals surface area (Å²) in [6.07, 6.45) is 6.63. The number of nitrogens with two attached hydrogens (primary N) is 1. The van der Waals surface area contributed by atoms with Gasteiger partial charge in [0.05, 0.1) is 12.1 Å². The summed E-state index contributed by atoms with van der Waals surface area (Å²) in [6, 6.07) is 14.6. The maximum absolute atomic E-state index is 10.9.